The summed E-state index contributed by atoms with van der Waals surface area (Å²) in [5, 5.41) is 3.11. The lowest BCUT2D eigenvalue weighted by Gasteiger charge is -2.18. The Balaban J connectivity index is 1.79. The standard InChI is InChI=1S/C16H15ClN4O2/c17-11-9-10(5-6-13(11)21-8-2-4-14(21)22)20-16(23)15-12(18)3-1-7-19-15/h1,3,5-7,9H,2,4,8,18H2,(H,20,23). The molecule has 2 heterocycles. The number of amides is 2. The van der Waals surface area contributed by atoms with Gasteiger partial charge < -0.3 is 16.0 Å². The zero-order valence-corrected chi connectivity index (χ0v) is 13.0. The quantitative estimate of drug-likeness (QED) is 0.905. The highest BCUT2D eigenvalue weighted by Crippen LogP contribution is 2.31. The number of carbonyl (C=O) groups excluding carboxylic acids is 2. The van der Waals surface area contributed by atoms with Crippen LogP contribution in [0.1, 0.15) is 23.3 Å². The molecule has 3 N–H and O–H groups in total. The molecule has 1 aromatic heterocycles. The Labute approximate surface area is 138 Å². The van der Waals surface area contributed by atoms with Crippen molar-refractivity contribution in [2.45, 2.75) is 12.8 Å². The van der Waals surface area contributed by atoms with Crippen LogP contribution in [0.4, 0.5) is 17.1 Å². The van der Waals surface area contributed by atoms with E-state index in [1.807, 2.05) is 0 Å². The van der Waals surface area contributed by atoms with Gasteiger partial charge in [0.15, 0.2) is 5.69 Å². The molecule has 118 valence electrons. The van der Waals surface area contributed by atoms with Crippen molar-refractivity contribution in [2.75, 3.05) is 22.5 Å². The number of carbonyl (C=O) groups is 2. The number of nitrogens with zero attached hydrogens (tertiary/aromatic N) is 2. The lowest BCUT2D eigenvalue weighted by molar-refractivity contribution is -0.117. The highest BCUT2D eigenvalue weighted by Gasteiger charge is 2.23. The van der Waals surface area contributed by atoms with Crippen molar-refractivity contribution < 1.29 is 9.59 Å². The summed E-state index contributed by atoms with van der Waals surface area (Å²) in [6.45, 7) is 0.661. The minimum atomic E-state index is -0.413. The number of aromatic nitrogens is 1. The van der Waals surface area contributed by atoms with Crippen LogP contribution in [0.2, 0.25) is 5.02 Å². The van der Waals surface area contributed by atoms with Gasteiger partial charge in [0.25, 0.3) is 5.91 Å². The van der Waals surface area contributed by atoms with E-state index < -0.39 is 5.91 Å². The van der Waals surface area contributed by atoms with Crippen LogP contribution in [0, 0.1) is 0 Å². The molecule has 1 aliphatic rings. The van der Waals surface area contributed by atoms with Gasteiger partial charge in [-0.2, -0.15) is 0 Å². The zero-order chi connectivity index (χ0) is 16.4. The summed E-state index contributed by atoms with van der Waals surface area (Å²) in [5.74, 6) is -0.353. The van der Waals surface area contributed by atoms with Crippen LogP contribution in [0.15, 0.2) is 36.5 Å². The van der Waals surface area contributed by atoms with E-state index in [0.717, 1.165) is 6.42 Å². The number of pyridine rings is 1. The summed E-state index contributed by atoms with van der Waals surface area (Å²) >= 11 is 6.25. The van der Waals surface area contributed by atoms with Crippen LogP contribution in [-0.4, -0.2) is 23.3 Å². The van der Waals surface area contributed by atoms with Gasteiger partial charge in [-0.1, -0.05) is 11.6 Å². The fourth-order valence-corrected chi connectivity index (χ4v) is 2.79. The molecule has 2 amide bonds. The molecule has 0 unspecified atom stereocenters. The average molecular weight is 331 g/mol. The normalized spacial score (nSPS) is 14.1. The first-order chi connectivity index (χ1) is 11.1. The van der Waals surface area contributed by atoms with E-state index in [1.165, 1.54) is 6.20 Å². The molecule has 7 heteroatoms. The van der Waals surface area contributed by atoms with Gasteiger partial charge in [0.1, 0.15) is 0 Å². The molecular formula is C16H15ClN4O2. The van der Waals surface area contributed by atoms with Gasteiger partial charge in [-0.25, -0.2) is 4.98 Å². The van der Waals surface area contributed by atoms with Gasteiger partial charge in [0.2, 0.25) is 5.91 Å². The number of rotatable bonds is 3. The van der Waals surface area contributed by atoms with Crippen LogP contribution in [0.5, 0.6) is 0 Å². The maximum absolute atomic E-state index is 12.2. The Morgan fingerprint density at radius 1 is 1.35 bits per heavy atom. The van der Waals surface area contributed by atoms with Gasteiger partial charge >= 0.3 is 0 Å². The third-order valence-electron chi connectivity index (χ3n) is 3.62. The van der Waals surface area contributed by atoms with E-state index in [1.54, 1.807) is 35.2 Å². The SMILES string of the molecule is Nc1cccnc1C(=O)Nc1ccc(N2CCCC2=O)c(Cl)c1. The Kier molecular flexibility index (Phi) is 4.16. The van der Waals surface area contributed by atoms with Crippen molar-refractivity contribution >= 4 is 40.5 Å². The first kappa shape index (κ1) is 15.3. The van der Waals surface area contributed by atoms with Gasteiger partial charge in [-0.05, 0) is 36.8 Å². The maximum atomic E-state index is 12.2. The summed E-state index contributed by atoms with van der Waals surface area (Å²) in [4.78, 5) is 29.6. The number of hydrogen-bond acceptors (Lipinski definition) is 4. The minimum Gasteiger partial charge on any atom is -0.397 e. The van der Waals surface area contributed by atoms with Gasteiger partial charge in [-0.15, -0.1) is 0 Å². The Bertz CT molecular complexity index is 778. The molecule has 2 aromatic rings. The molecule has 6 nitrogen and oxygen atoms in total. The van der Waals surface area contributed by atoms with Gasteiger partial charge in [-0.3, -0.25) is 9.59 Å². The van der Waals surface area contributed by atoms with Crippen LogP contribution in [0.3, 0.4) is 0 Å². The largest absolute Gasteiger partial charge is 0.397 e. The molecule has 0 aliphatic carbocycles. The molecule has 3 rings (SSSR count). The second-order valence-electron chi connectivity index (χ2n) is 5.21. The number of benzene rings is 1. The third kappa shape index (κ3) is 3.12. The topological polar surface area (TPSA) is 88.3 Å². The Morgan fingerprint density at radius 3 is 2.83 bits per heavy atom. The number of hydrogen-bond donors (Lipinski definition) is 2. The number of nitrogens with two attached hydrogens (primary N) is 1. The average Bonchev–Trinajstić information content (AvgIpc) is 2.94. The molecule has 1 aromatic carbocycles. The first-order valence-corrected chi connectivity index (χ1v) is 7.56. The van der Waals surface area contributed by atoms with Crippen molar-refractivity contribution in [3.63, 3.8) is 0 Å². The molecule has 1 saturated heterocycles. The summed E-state index contributed by atoms with van der Waals surface area (Å²) in [6.07, 6.45) is 2.86. The minimum absolute atomic E-state index is 0.0601. The van der Waals surface area contributed by atoms with E-state index in [9.17, 15) is 9.59 Å². The Hall–Kier alpha value is -2.60. The predicted molar refractivity (Wildman–Crippen MR) is 89.6 cm³/mol. The summed E-state index contributed by atoms with van der Waals surface area (Å²) in [7, 11) is 0. The summed E-state index contributed by atoms with van der Waals surface area (Å²) in [5.41, 5.74) is 7.36. The van der Waals surface area contributed by atoms with Crippen molar-refractivity contribution in [3.8, 4) is 0 Å². The van der Waals surface area contributed by atoms with E-state index in [2.05, 4.69) is 10.3 Å². The van der Waals surface area contributed by atoms with Crippen LogP contribution in [-0.2, 0) is 4.79 Å². The number of halogens is 1. The van der Waals surface area contributed by atoms with E-state index in [-0.39, 0.29) is 11.6 Å². The molecule has 23 heavy (non-hydrogen) atoms. The molecule has 1 aliphatic heterocycles. The molecule has 0 radical (unpaired) electrons. The van der Waals surface area contributed by atoms with Crippen LogP contribution < -0.4 is 16.0 Å². The van der Waals surface area contributed by atoms with Crippen LogP contribution in [0.25, 0.3) is 0 Å². The second-order valence-corrected chi connectivity index (χ2v) is 5.62. The zero-order valence-electron chi connectivity index (χ0n) is 12.3. The highest BCUT2D eigenvalue weighted by atomic mass is 35.5. The molecule has 1 fully saturated rings. The molecule has 0 bridgehead atoms. The lowest BCUT2D eigenvalue weighted by atomic mass is 10.2. The van der Waals surface area contributed by atoms with Crippen molar-refractivity contribution in [1.29, 1.82) is 0 Å². The third-order valence-corrected chi connectivity index (χ3v) is 3.93. The highest BCUT2D eigenvalue weighted by molar-refractivity contribution is 6.34. The number of nitrogen functional groups attached to an aromatic ring is 1. The number of anilines is 3. The fourth-order valence-electron chi connectivity index (χ4n) is 2.50. The Morgan fingerprint density at radius 2 is 2.17 bits per heavy atom. The van der Waals surface area contributed by atoms with E-state index >= 15 is 0 Å². The number of nitrogens with one attached hydrogen (secondary N) is 1. The van der Waals surface area contributed by atoms with Gasteiger partial charge in [0, 0.05) is 24.8 Å². The molecule has 0 saturated carbocycles. The second kappa shape index (κ2) is 6.26. The summed E-state index contributed by atoms with van der Waals surface area (Å²) in [6, 6.07) is 8.30. The van der Waals surface area contributed by atoms with Gasteiger partial charge in [0.05, 0.1) is 16.4 Å². The summed E-state index contributed by atoms with van der Waals surface area (Å²) < 4.78 is 0. The maximum Gasteiger partial charge on any atom is 0.276 e. The fraction of sp³-hybridized carbons (Fsp3) is 0.188. The van der Waals surface area contributed by atoms with E-state index in [4.69, 9.17) is 17.3 Å². The molecule has 0 spiro atoms. The van der Waals surface area contributed by atoms with Crippen molar-refractivity contribution in [1.82, 2.24) is 4.98 Å². The first-order valence-electron chi connectivity index (χ1n) is 7.18. The van der Waals surface area contributed by atoms with Crippen molar-refractivity contribution in [3.05, 3.63) is 47.2 Å². The molecule has 0 atom stereocenters. The van der Waals surface area contributed by atoms with Crippen LogP contribution >= 0.6 is 11.6 Å². The smallest absolute Gasteiger partial charge is 0.276 e. The monoisotopic (exact) mass is 330 g/mol. The molecular weight excluding hydrogens is 316 g/mol. The van der Waals surface area contributed by atoms with Crippen molar-refractivity contribution in [2.24, 2.45) is 0 Å². The van der Waals surface area contributed by atoms with E-state index in [0.29, 0.717) is 35.1 Å². The lowest BCUT2D eigenvalue weighted by Crippen LogP contribution is -2.24. The predicted octanol–water partition coefficient (Wildman–Crippen LogP) is 2.70.